The third kappa shape index (κ3) is 4.81. The summed E-state index contributed by atoms with van der Waals surface area (Å²) in [5.74, 6) is -1.95. The Bertz CT molecular complexity index is 818. The van der Waals surface area contributed by atoms with E-state index in [1.54, 1.807) is 6.92 Å². The lowest BCUT2D eigenvalue weighted by Crippen LogP contribution is -2.19. The second kappa shape index (κ2) is 7.35. The molecule has 1 unspecified atom stereocenters. The maximum atomic E-state index is 13.4. The van der Waals surface area contributed by atoms with Gasteiger partial charge in [0, 0.05) is 5.02 Å². The van der Waals surface area contributed by atoms with E-state index in [1.165, 1.54) is 37.3 Å². The highest BCUT2D eigenvalue weighted by atomic mass is 35.5. The molecule has 0 aliphatic heterocycles. The van der Waals surface area contributed by atoms with Gasteiger partial charge in [0.15, 0.2) is 0 Å². The monoisotopic (exact) mass is 392 g/mol. The number of alkyl halides is 6. The molecule has 0 aromatic heterocycles. The fraction of sp³-hybridized carbons (Fsp3) is 0.263. The molecular weight excluding hydrogens is 378 g/mol. The van der Waals surface area contributed by atoms with Gasteiger partial charge in [0.05, 0.1) is 11.5 Å². The smallest absolute Gasteiger partial charge is 0.170 e. The lowest BCUT2D eigenvalue weighted by atomic mass is 9.95. The summed E-state index contributed by atoms with van der Waals surface area (Å²) >= 11 is 5.84. The first kappa shape index (κ1) is 20.4. The van der Waals surface area contributed by atoms with Crippen LogP contribution in [0.1, 0.15) is 33.7 Å². The summed E-state index contributed by atoms with van der Waals surface area (Å²) in [5, 5.41) is 0.340. The van der Waals surface area contributed by atoms with Crippen LogP contribution in [0.3, 0.4) is 0 Å². The lowest BCUT2D eigenvalue weighted by molar-refractivity contribution is -0.139. The Morgan fingerprint density at radius 1 is 0.885 bits per heavy atom. The third-order valence-corrected chi connectivity index (χ3v) is 4.37. The Balaban J connectivity index is 2.42. The number of hydrogen-bond acceptors (Lipinski definition) is 0. The van der Waals surface area contributed by atoms with Crippen LogP contribution in [-0.4, -0.2) is 6.18 Å². The number of rotatable bonds is 3. The molecule has 0 fully saturated rings. The van der Waals surface area contributed by atoms with Crippen molar-refractivity contribution >= 4 is 17.7 Å². The number of hydrogen-bond donors (Lipinski definition) is 0. The van der Waals surface area contributed by atoms with E-state index < -0.39 is 23.8 Å². The molecule has 140 valence electrons. The van der Waals surface area contributed by atoms with Gasteiger partial charge in [-0.05, 0) is 48.2 Å². The second-order valence-electron chi connectivity index (χ2n) is 5.96. The van der Waals surface area contributed by atoms with Gasteiger partial charge in [-0.25, -0.2) is 0 Å². The minimum atomic E-state index is -4.59. The largest absolute Gasteiger partial charge is 0.416 e. The van der Waals surface area contributed by atoms with Crippen molar-refractivity contribution in [3.05, 3.63) is 75.3 Å². The molecule has 0 amide bonds. The lowest BCUT2D eigenvalue weighted by Gasteiger charge is -2.18. The number of aryl methyl sites for hydroxylation is 2. The maximum absolute atomic E-state index is 13.4. The zero-order valence-electron chi connectivity index (χ0n) is 13.8. The maximum Gasteiger partial charge on any atom is 0.416 e. The van der Waals surface area contributed by atoms with Gasteiger partial charge in [-0.2, -0.15) is 26.3 Å². The predicted molar refractivity (Wildman–Crippen MR) is 90.2 cm³/mol. The Hall–Kier alpha value is -1.95. The second-order valence-corrected chi connectivity index (χ2v) is 6.37. The summed E-state index contributed by atoms with van der Waals surface area (Å²) in [7, 11) is 0. The normalized spacial score (nSPS) is 14.0. The Labute approximate surface area is 152 Å². The topological polar surface area (TPSA) is 0 Å². The number of halogens is 7. The summed E-state index contributed by atoms with van der Waals surface area (Å²) in [6.45, 7) is 2.88. The van der Waals surface area contributed by atoms with Crippen LogP contribution in [-0.2, 0) is 6.18 Å². The highest BCUT2D eigenvalue weighted by Gasteiger charge is 2.39. The Morgan fingerprint density at radius 3 is 2.08 bits per heavy atom. The number of allylic oxidation sites excluding steroid dienone is 1. The molecule has 7 heteroatoms. The van der Waals surface area contributed by atoms with Gasteiger partial charge < -0.3 is 0 Å². The van der Waals surface area contributed by atoms with E-state index in [1.807, 2.05) is 0 Å². The van der Waals surface area contributed by atoms with Gasteiger partial charge >= 0.3 is 12.4 Å². The summed E-state index contributed by atoms with van der Waals surface area (Å²) < 4.78 is 79.1. The highest BCUT2D eigenvalue weighted by molar-refractivity contribution is 6.31. The SMILES string of the molecule is Cc1cc(C(/C=C/c2ccc(C)c(C(F)(F)F)c2)C(F)(F)F)ccc1Cl. The van der Waals surface area contributed by atoms with Crippen LogP contribution >= 0.6 is 11.6 Å². The molecule has 0 aliphatic carbocycles. The average Bonchev–Trinajstić information content (AvgIpc) is 2.50. The summed E-state index contributed by atoms with van der Waals surface area (Å²) in [6.07, 6.45) is -7.25. The fourth-order valence-corrected chi connectivity index (χ4v) is 2.64. The fourth-order valence-electron chi connectivity index (χ4n) is 2.53. The molecule has 2 rings (SSSR count). The molecular formula is C19H15ClF6. The molecule has 1 atom stereocenters. The molecule has 2 aromatic carbocycles. The molecule has 0 N–H and O–H groups in total. The van der Waals surface area contributed by atoms with Crippen molar-refractivity contribution in [3.63, 3.8) is 0 Å². The van der Waals surface area contributed by atoms with Crippen LogP contribution < -0.4 is 0 Å². The zero-order valence-corrected chi connectivity index (χ0v) is 14.6. The van der Waals surface area contributed by atoms with E-state index in [-0.39, 0.29) is 16.7 Å². The van der Waals surface area contributed by atoms with E-state index in [0.29, 0.717) is 10.6 Å². The van der Waals surface area contributed by atoms with E-state index in [2.05, 4.69) is 0 Å². The molecule has 2 aromatic rings. The first-order valence-electron chi connectivity index (χ1n) is 7.58. The van der Waals surface area contributed by atoms with Gasteiger partial charge in [0.1, 0.15) is 0 Å². The van der Waals surface area contributed by atoms with Crippen LogP contribution in [0.4, 0.5) is 26.3 Å². The molecule has 0 saturated carbocycles. The molecule has 26 heavy (non-hydrogen) atoms. The van der Waals surface area contributed by atoms with Crippen molar-refractivity contribution in [2.24, 2.45) is 0 Å². The summed E-state index contributed by atoms with van der Waals surface area (Å²) in [5.41, 5.74) is -0.357. The molecule has 0 bridgehead atoms. The molecule has 0 nitrogen and oxygen atoms in total. The Kier molecular flexibility index (Phi) is 5.76. The van der Waals surface area contributed by atoms with Crippen molar-refractivity contribution in [2.75, 3.05) is 0 Å². The van der Waals surface area contributed by atoms with Gasteiger partial charge in [0.2, 0.25) is 0 Å². The van der Waals surface area contributed by atoms with Crippen LogP contribution in [0.5, 0.6) is 0 Å². The quantitative estimate of drug-likeness (QED) is 0.479. The minimum Gasteiger partial charge on any atom is -0.170 e. The zero-order chi connectivity index (χ0) is 19.7. The van der Waals surface area contributed by atoms with Crippen LogP contribution in [0, 0.1) is 13.8 Å². The van der Waals surface area contributed by atoms with Crippen LogP contribution in [0.25, 0.3) is 6.08 Å². The third-order valence-electron chi connectivity index (χ3n) is 3.94. The first-order chi connectivity index (χ1) is 11.9. The molecule has 0 saturated heterocycles. The highest BCUT2D eigenvalue weighted by Crippen LogP contribution is 2.38. The van der Waals surface area contributed by atoms with Crippen molar-refractivity contribution < 1.29 is 26.3 Å². The molecule has 0 radical (unpaired) electrons. The van der Waals surface area contributed by atoms with Crippen molar-refractivity contribution in [1.82, 2.24) is 0 Å². The number of benzene rings is 2. The van der Waals surface area contributed by atoms with Crippen molar-refractivity contribution in [3.8, 4) is 0 Å². The van der Waals surface area contributed by atoms with E-state index in [4.69, 9.17) is 11.6 Å². The van der Waals surface area contributed by atoms with Crippen LogP contribution in [0.15, 0.2) is 42.5 Å². The van der Waals surface area contributed by atoms with Gasteiger partial charge in [0.25, 0.3) is 0 Å². The average molecular weight is 393 g/mol. The predicted octanol–water partition coefficient (Wildman–Crippen LogP) is 7.33. The molecule has 0 heterocycles. The molecule has 0 aliphatic rings. The Morgan fingerprint density at radius 2 is 1.54 bits per heavy atom. The minimum absolute atomic E-state index is 0.00958. The molecule has 0 spiro atoms. The van der Waals surface area contributed by atoms with E-state index in [0.717, 1.165) is 18.2 Å². The van der Waals surface area contributed by atoms with Gasteiger partial charge in [-0.15, -0.1) is 0 Å². The van der Waals surface area contributed by atoms with Gasteiger partial charge in [-0.3, -0.25) is 0 Å². The van der Waals surface area contributed by atoms with Crippen molar-refractivity contribution in [1.29, 1.82) is 0 Å². The standard InChI is InChI=1S/C19H15ClF6/c1-11-3-4-13(10-16(11)19(24,25)26)5-7-15(18(21,22)23)14-6-8-17(20)12(2)9-14/h3-10,15H,1-2H3/b7-5+. The summed E-state index contributed by atoms with van der Waals surface area (Å²) in [6, 6.07) is 7.37. The first-order valence-corrected chi connectivity index (χ1v) is 7.96. The van der Waals surface area contributed by atoms with Crippen LogP contribution in [0.2, 0.25) is 5.02 Å². The van der Waals surface area contributed by atoms with E-state index in [9.17, 15) is 26.3 Å². The van der Waals surface area contributed by atoms with E-state index >= 15 is 0 Å². The summed E-state index contributed by atoms with van der Waals surface area (Å²) in [4.78, 5) is 0. The van der Waals surface area contributed by atoms with Gasteiger partial charge in [-0.1, -0.05) is 48.0 Å². The van der Waals surface area contributed by atoms with Crippen molar-refractivity contribution in [2.45, 2.75) is 32.1 Å².